The minimum Gasteiger partial charge on any atom is -0.478 e. The van der Waals surface area contributed by atoms with Crippen molar-refractivity contribution in [3.8, 4) is 0 Å². The summed E-state index contributed by atoms with van der Waals surface area (Å²) < 4.78 is 0.659. The van der Waals surface area contributed by atoms with Gasteiger partial charge in [-0.2, -0.15) is 0 Å². The molecule has 1 aromatic carbocycles. The molecule has 0 bridgehead atoms. The van der Waals surface area contributed by atoms with Gasteiger partial charge in [-0.3, -0.25) is 0 Å². The summed E-state index contributed by atoms with van der Waals surface area (Å²) in [4.78, 5) is 13.3. The van der Waals surface area contributed by atoms with Gasteiger partial charge in [-0.25, -0.2) is 4.79 Å². The molecular weight excluding hydrogens is 282 g/mol. The second-order valence-corrected chi connectivity index (χ2v) is 5.22. The first-order valence-corrected chi connectivity index (χ1v) is 6.75. The predicted octanol–water partition coefficient (Wildman–Crippen LogP) is 3.53. The average Bonchev–Trinajstić information content (AvgIpc) is 2.56. The molecule has 1 heterocycles. The molecule has 4 heteroatoms. The van der Waals surface area contributed by atoms with Crippen LogP contribution in [0.3, 0.4) is 0 Å². The monoisotopic (exact) mass is 297 g/mol. The lowest BCUT2D eigenvalue weighted by atomic mass is 10.2. The summed E-state index contributed by atoms with van der Waals surface area (Å²) in [5.41, 5.74) is 1.44. The standard InChI is InChI=1S/C13H16BrNO2/c14-12-9-10(5-6-11(12)13(16)17)15-7-3-1-2-4-8-15/h5-6,9H,1-4,7-8H2,(H,16,17). The number of hydrogen-bond acceptors (Lipinski definition) is 2. The Morgan fingerprint density at radius 3 is 2.35 bits per heavy atom. The fraction of sp³-hybridized carbons (Fsp3) is 0.462. The molecule has 0 spiro atoms. The first-order chi connectivity index (χ1) is 8.18. The van der Waals surface area contributed by atoms with Gasteiger partial charge < -0.3 is 10.0 Å². The molecule has 0 amide bonds. The highest BCUT2D eigenvalue weighted by atomic mass is 79.9. The van der Waals surface area contributed by atoms with Crippen molar-refractivity contribution >= 4 is 27.6 Å². The number of benzene rings is 1. The number of nitrogens with zero attached hydrogens (tertiary/aromatic N) is 1. The van der Waals surface area contributed by atoms with E-state index in [1.807, 2.05) is 12.1 Å². The van der Waals surface area contributed by atoms with Crippen LogP contribution in [0, 0.1) is 0 Å². The number of carbonyl (C=O) groups is 1. The van der Waals surface area contributed by atoms with Gasteiger partial charge in [0.15, 0.2) is 0 Å². The third-order valence-electron chi connectivity index (χ3n) is 3.15. The van der Waals surface area contributed by atoms with E-state index < -0.39 is 5.97 Å². The van der Waals surface area contributed by atoms with Gasteiger partial charge in [-0.05, 0) is 47.0 Å². The van der Waals surface area contributed by atoms with Gasteiger partial charge in [0.1, 0.15) is 0 Å². The Kier molecular flexibility index (Phi) is 4.05. The highest BCUT2D eigenvalue weighted by Gasteiger charge is 2.13. The topological polar surface area (TPSA) is 40.5 Å². The van der Waals surface area contributed by atoms with E-state index in [0.29, 0.717) is 10.0 Å². The number of carboxylic acids is 1. The highest BCUT2D eigenvalue weighted by molar-refractivity contribution is 9.10. The Morgan fingerprint density at radius 2 is 1.82 bits per heavy atom. The molecule has 2 rings (SSSR count). The molecule has 1 saturated heterocycles. The van der Waals surface area contributed by atoms with Crippen molar-refractivity contribution in [3.63, 3.8) is 0 Å². The number of rotatable bonds is 2. The second-order valence-electron chi connectivity index (χ2n) is 4.37. The number of carboxylic acid groups (broad SMARTS) is 1. The van der Waals surface area contributed by atoms with Crippen molar-refractivity contribution in [3.05, 3.63) is 28.2 Å². The Bertz CT molecular complexity index is 412. The Morgan fingerprint density at radius 1 is 1.18 bits per heavy atom. The first kappa shape index (κ1) is 12.4. The minimum absolute atomic E-state index is 0.323. The lowest BCUT2D eigenvalue weighted by Gasteiger charge is -2.23. The van der Waals surface area contributed by atoms with Gasteiger partial charge in [0, 0.05) is 23.2 Å². The molecule has 17 heavy (non-hydrogen) atoms. The average molecular weight is 298 g/mol. The van der Waals surface area contributed by atoms with Gasteiger partial charge in [0.25, 0.3) is 0 Å². The van der Waals surface area contributed by atoms with Crippen molar-refractivity contribution < 1.29 is 9.90 Å². The van der Waals surface area contributed by atoms with Crippen LogP contribution in [0.25, 0.3) is 0 Å². The fourth-order valence-corrected chi connectivity index (χ4v) is 2.74. The molecule has 0 unspecified atom stereocenters. The normalized spacial score (nSPS) is 16.6. The van der Waals surface area contributed by atoms with Crippen LogP contribution in [-0.4, -0.2) is 24.2 Å². The Labute approximate surface area is 110 Å². The van der Waals surface area contributed by atoms with Crippen LogP contribution in [-0.2, 0) is 0 Å². The SMILES string of the molecule is O=C(O)c1ccc(N2CCCCCC2)cc1Br. The largest absolute Gasteiger partial charge is 0.478 e. The molecule has 1 aliphatic rings. The zero-order chi connectivity index (χ0) is 12.3. The third-order valence-corrected chi connectivity index (χ3v) is 3.81. The number of anilines is 1. The summed E-state index contributed by atoms with van der Waals surface area (Å²) in [5, 5.41) is 8.97. The van der Waals surface area contributed by atoms with Crippen LogP contribution in [0.2, 0.25) is 0 Å². The Hall–Kier alpha value is -1.03. The van der Waals surface area contributed by atoms with Gasteiger partial charge >= 0.3 is 5.97 Å². The lowest BCUT2D eigenvalue weighted by Crippen LogP contribution is -2.23. The molecule has 1 N–H and O–H groups in total. The van der Waals surface area contributed by atoms with E-state index in [-0.39, 0.29) is 0 Å². The number of halogens is 1. The highest BCUT2D eigenvalue weighted by Crippen LogP contribution is 2.26. The molecule has 92 valence electrons. The summed E-state index contributed by atoms with van der Waals surface area (Å²) >= 11 is 3.33. The molecule has 0 saturated carbocycles. The van der Waals surface area contributed by atoms with Gasteiger partial charge in [0.2, 0.25) is 0 Å². The molecule has 0 radical (unpaired) electrons. The van der Waals surface area contributed by atoms with Gasteiger partial charge in [0.05, 0.1) is 5.56 Å². The first-order valence-electron chi connectivity index (χ1n) is 5.96. The molecule has 0 aliphatic carbocycles. The Balaban J connectivity index is 2.21. The molecule has 0 atom stereocenters. The van der Waals surface area contributed by atoms with Crippen molar-refractivity contribution in [1.82, 2.24) is 0 Å². The second kappa shape index (κ2) is 5.54. The fourth-order valence-electron chi connectivity index (χ4n) is 2.20. The van der Waals surface area contributed by atoms with E-state index in [9.17, 15) is 4.79 Å². The predicted molar refractivity (Wildman–Crippen MR) is 71.8 cm³/mol. The van der Waals surface area contributed by atoms with E-state index in [1.54, 1.807) is 6.07 Å². The van der Waals surface area contributed by atoms with Crippen LogP contribution in [0.15, 0.2) is 22.7 Å². The van der Waals surface area contributed by atoms with E-state index in [0.717, 1.165) is 18.8 Å². The smallest absolute Gasteiger partial charge is 0.336 e. The van der Waals surface area contributed by atoms with Crippen LogP contribution < -0.4 is 4.90 Å². The van der Waals surface area contributed by atoms with Crippen LogP contribution in [0.1, 0.15) is 36.0 Å². The summed E-state index contributed by atoms with van der Waals surface area (Å²) in [6.07, 6.45) is 5.03. The molecule has 3 nitrogen and oxygen atoms in total. The molecule has 1 fully saturated rings. The van der Waals surface area contributed by atoms with E-state index in [4.69, 9.17) is 5.11 Å². The molecule has 1 aromatic rings. The number of hydrogen-bond donors (Lipinski definition) is 1. The maximum atomic E-state index is 10.9. The molecule has 1 aliphatic heterocycles. The summed E-state index contributed by atoms with van der Waals surface area (Å²) in [5.74, 6) is -0.890. The molecular formula is C13H16BrNO2. The van der Waals surface area contributed by atoms with Crippen molar-refractivity contribution in [2.45, 2.75) is 25.7 Å². The van der Waals surface area contributed by atoms with Crippen molar-refractivity contribution in [2.24, 2.45) is 0 Å². The quantitative estimate of drug-likeness (QED) is 0.908. The van der Waals surface area contributed by atoms with Crippen molar-refractivity contribution in [1.29, 1.82) is 0 Å². The third kappa shape index (κ3) is 3.00. The summed E-state index contributed by atoms with van der Waals surface area (Å²) in [7, 11) is 0. The van der Waals surface area contributed by atoms with E-state index >= 15 is 0 Å². The van der Waals surface area contributed by atoms with Crippen LogP contribution in [0.4, 0.5) is 5.69 Å². The van der Waals surface area contributed by atoms with E-state index in [1.165, 1.54) is 25.7 Å². The van der Waals surface area contributed by atoms with Gasteiger partial charge in [-0.15, -0.1) is 0 Å². The van der Waals surface area contributed by atoms with Crippen LogP contribution in [0.5, 0.6) is 0 Å². The summed E-state index contributed by atoms with van der Waals surface area (Å²) in [6.45, 7) is 2.14. The summed E-state index contributed by atoms with van der Waals surface area (Å²) in [6, 6.07) is 5.49. The number of aromatic carboxylic acids is 1. The maximum absolute atomic E-state index is 10.9. The zero-order valence-corrected chi connectivity index (χ0v) is 11.2. The maximum Gasteiger partial charge on any atom is 0.336 e. The van der Waals surface area contributed by atoms with E-state index in [2.05, 4.69) is 20.8 Å². The van der Waals surface area contributed by atoms with Crippen LogP contribution >= 0.6 is 15.9 Å². The van der Waals surface area contributed by atoms with Crippen molar-refractivity contribution in [2.75, 3.05) is 18.0 Å². The molecule has 0 aromatic heterocycles. The minimum atomic E-state index is -0.890. The zero-order valence-electron chi connectivity index (χ0n) is 9.66. The lowest BCUT2D eigenvalue weighted by molar-refractivity contribution is 0.0696. The van der Waals surface area contributed by atoms with Gasteiger partial charge in [-0.1, -0.05) is 12.8 Å².